The number of carbonyl (C=O) groups is 1. The van der Waals surface area contributed by atoms with Crippen LogP contribution in [0.5, 0.6) is 0 Å². The van der Waals surface area contributed by atoms with E-state index in [1.165, 1.54) is 0 Å². The van der Waals surface area contributed by atoms with E-state index in [1.807, 2.05) is 30.5 Å². The van der Waals surface area contributed by atoms with Crippen molar-refractivity contribution in [1.29, 1.82) is 0 Å². The molecule has 0 spiro atoms. The van der Waals surface area contributed by atoms with Crippen LogP contribution >= 0.6 is 11.3 Å². The summed E-state index contributed by atoms with van der Waals surface area (Å²) in [7, 11) is -1.80. The third-order valence-electron chi connectivity index (χ3n) is 6.12. The van der Waals surface area contributed by atoms with Crippen LogP contribution in [0.15, 0.2) is 48.8 Å². The summed E-state index contributed by atoms with van der Waals surface area (Å²) < 4.78 is 6.33. The number of ketones is 1. The molecule has 2 heterocycles. The molecule has 3 rings (SSSR count). The second kappa shape index (κ2) is 9.10. The van der Waals surface area contributed by atoms with Crippen molar-refractivity contribution >= 4 is 36.2 Å². The first-order valence-electron chi connectivity index (χ1n) is 10.4. The first-order chi connectivity index (χ1) is 14.1. The van der Waals surface area contributed by atoms with E-state index in [9.17, 15) is 4.79 Å². The third-order valence-corrected chi connectivity index (χ3v) is 11.8. The number of aromatic nitrogens is 1. The number of carbonyl (C=O) groups excluding carboxylic acids is 1. The molecule has 0 saturated heterocycles. The normalized spacial score (nSPS) is 13.5. The fourth-order valence-electron chi connectivity index (χ4n) is 3.10. The molecule has 6 heteroatoms. The van der Waals surface area contributed by atoms with Crippen LogP contribution in [0, 0.1) is 0 Å². The van der Waals surface area contributed by atoms with E-state index in [0.717, 1.165) is 26.1 Å². The van der Waals surface area contributed by atoms with Gasteiger partial charge in [-0.2, -0.15) is 0 Å². The van der Waals surface area contributed by atoms with Crippen LogP contribution in [0.1, 0.15) is 42.0 Å². The molecule has 1 aromatic carbocycles. The molecule has 1 unspecified atom stereocenters. The lowest BCUT2D eigenvalue weighted by atomic mass is 9.95. The Bertz CT molecular complexity index is 1020. The van der Waals surface area contributed by atoms with Crippen LogP contribution in [0.2, 0.25) is 18.1 Å². The zero-order valence-electron chi connectivity index (χ0n) is 18.6. The third kappa shape index (κ3) is 5.24. The molecule has 0 aliphatic heterocycles. The molecule has 0 fully saturated rings. The van der Waals surface area contributed by atoms with Gasteiger partial charge in [-0.25, -0.2) is 0 Å². The predicted octanol–water partition coefficient (Wildman–Crippen LogP) is 5.67. The van der Waals surface area contributed by atoms with Gasteiger partial charge in [0.2, 0.25) is 0 Å². The molecular formula is C24H32N2O2SSi. The van der Waals surface area contributed by atoms with E-state index in [1.54, 1.807) is 17.5 Å². The standard InChI is InChI=1S/C24H32N2O2SSi/c1-24(2,3)30(4,5)28-16-20-8-9-23(29-20)21(14-25)22(27)13-17-6-7-19-15-26-11-10-18(19)12-17/h6-12,15,21H,13-14,16,25H2,1-5H3. The number of pyridine rings is 1. The summed E-state index contributed by atoms with van der Waals surface area (Å²) >= 11 is 1.65. The Morgan fingerprint density at radius 1 is 1.17 bits per heavy atom. The van der Waals surface area contributed by atoms with Crippen molar-refractivity contribution in [1.82, 2.24) is 4.98 Å². The summed E-state index contributed by atoms with van der Waals surface area (Å²) in [5.41, 5.74) is 7.02. The number of thiophene rings is 1. The largest absolute Gasteiger partial charge is 0.412 e. The van der Waals surface area contributed by atoms with Crippen molar-refractivity contribution in [3.63, 3.8) is 0 Å². The average Bonchev–Trinajstić information content (AvgIpc) is 3.15. The molecule has 1 atom stereocenters. The van der Waals surface area contributed by atoms with Gasteiger partial charge in [0.1, 0.15) is 5.78 Å². The molecule has 2 N–H and O–H groups in total. The maximum atomic E-state index is 13.0. The number of nitrogens with two attached hydrogens (primary N) is 1. The SMILES string of the molecule is CC(C)(C)[Si](C)(C)OCc1ccc(C(CN)C(=O)Cc2ccc3cnccc3c2)s1. The van der Waals surface area contributed by atoms with Crippen molar-refractivity contribution < 1.29 is 9.22 Å². The monoisotopic (exact) mass is 440 g/mol. The minimum absolute atomic E-state index is 0.157. The zero-order valence-corrected chi connectivity index (χ0v) is 20.4. The van der Waals surface area contributed by atoms with Crippen molar-refractivity contribution in [3.8, 4) is 0 Å². The van der Waals surface area contributed by atoms with Gasteiger partial charge in [-0.15, -0.1) is 11.3 Å². The number of nitrogens with zero attached hydrogens (tertiary/aromatic N) is 1. The van der Waals surface area contributed by atoms with Gasteiger partial charge in [0, 0.05) is 40.5 Å². The summed E-state index contributed by atoms with van der Waals surface area (Å²) in [6, 6.07) is 12.2. The lowest BCUT2D eigenvalue weighted by molar-refractivity contribution is -0.119. The number of Topliss-reactive ketones (excluding diaryl/α,β-unsaturated/α-hetero) is 1. The zero-order chi connectivity index (χ0) is 21.9. The second-order valence-electron chi connectivity index (χ2n) is 9.34. The Balaban J connectivity index is 1.68. The van der Waals surface area contributed by atoms with Crippen LogP contribution in [0.4, 0.5) is 0 Å². The van der Waals surface area contributed by atoms with Crippen LogP contribution in [-0.4, -0.2) is 25.6 Å². The minimum atomic E-state index is -1.80. The average molecular weight is 441 g/mol. The quantitative estimate of drug-likeness (QED) is 0.458. The van der Waals surface area contributed by atoms with Gasteiger partial charge in [-0.05, 0) is 47.3 Å². The Hall–Kier alpha value is -1.86. The van der Waals surface area contributed by atoms with Gasteiger partial charge in [-0.3, -0.25) is 9.78 Å². The molecule has 0 saturated carbocycles. The maximum absolute atomic E-state index is 13.0. The first-order valence-corrected chi connectivity index (χ1v) is 14.1. The Labute approximate surface area is 184 Å². The number of fused-ring (bicyclic) bond motifs is 1. The molecule has 160 valence electrons. The minimum Gasteiger partial charge on any atom is -0.412 e. The van der Waals surface area contributed by atoms with E-state index in [2.05, 4.69) is 51.0 Å². The molecule has 0 radical (unpaired) electrons. The van der Waals surface area contributed by atoms with Gasteiger partial charge in [0.05, 0.1) is 12.5 Å². The van der Waals surface area contributed by atoms with Gasteiger partial charge < -0.3 is 10.2 Å². The fourth-order valence-corrected chi connectivity index (χ4v) is 5.22. The molecule has 0 bridgehead atoms. The van der Waals surface area contributed by atoms with Crippen LogP contribution in [-0.2, 0) is 22.2 Å². The fraction of sp³-hybridized carbons (Fsp3) is 0.417. The Morgan fingerprint density at radius 2 is 1.93 bits per heavy atom. The summed E-state index contributed by atoms with van der Waals surface area (Å²) in [6.07, 6.45) is 3.99. The lowest BCUT2D eigenvalue weighted by Crippen LogP contribution is -2.40. The summed E-state index contributed by atoms with van der Waals surface area (Å²) in [5, 5.41) is 2.35. The summed E-state index contributed by atoms with van der Waals surface area (Å²) in [4.78, 5) is 19.3. The van der Waals surface area contributed by atoms with Gasteiger partial charge in [-0.1, -0.05) is 39.0 Å². The molecule has 3 aromatic rings. The number of benzene rings is 1. The highest BCUT2D eigenvalue weighted by molar-refractivity contribution is 7.12. The molecule has 0 aliphatic carbocycles. The van der Waals surface area contributed by atoms with E-state index in [-0.39, 0.29) is 16.7 Å². The molecule has 2 aromatic heterocycles. The van der Waals surface area contributed by atoms with Crippen LogP contribution < -0.4 is 5.73 Å². The van der Waals surface area contributed by atoms with E-state index in [0.29, 0.717) is 19.6 Å². The summed E-state index contributed by atoms with van der Waals surface area (Å²) in [6.45, 7) is 12.2. The number of hydrogen-bond donors (Lipinski definition) is 1. The predicted molar refractivity (Wildman–Crippen MR) is 129 cm³/mol. The van der Waals surface area contributed by atoms with Crippen LogP contribution in [0.25, 0.3) is 10.8 Å². The molecular weight excluding hydrogens is 408 g/mol. The number of hydrogen-bond acceptors (Lipinski definition) is 5. The first kappa shape index (κ1) is 22.8. The number of rotatable bonds is 8. The van der Waals surface area contributed by atoms with Gasteiger partial charge in [0.25, 0.3) is 0 Å². The van der Waals surface area contributed by atoms with Gasteiger partial charge in [0.15, 0.2) is 8.32 Å². The van der Waals surface area contributed by atoms with E-state index in [4.69, 9.17) is 10.2 Å². The van der Waals surface area contributed by atoms with E-state index < -0.39 is 8.32 Å². The Kier molecular flexibility index (Phi) is 6.92. The highest BCUT2D eigenvalue weighted by Gasteiger charge is 2.37. The highest BCUT2D eigenvalue weighted by atomic mass is 32.1. The molecule has 0 aliphatic rings. The Morgan fingerprint density at radius 3 is 2.63 bits per heavy atom. The van der Waals surface area contributed by atoms with Crippen LogP contribution in [0.3, 0.4) is 0 Å². The van der Waals surface area contributed by atoms with Crippen molar-refractivity contribution in [2.45, 2.75) is 57.8 Å². The molecule has 0 amide bonds. The second-order valence-corrected chi connectivity index (χ2v) is 15.4. The van der Waals surface area contributed by atoms with Gasteiger partial charge >= 0.3 is 0 Å². The smallest absolute Gasteiger partial charge is 0.192 e. The highest BCUT2D eigenvalue weighted by Crippen LogP contribution is 2.37. The topological polar surface area (TPSA) is 65.2 Å². The maximum Gasteiger partial charge on any atom is 0.192 e. The lowest BCUT2D eigenvalue weighted by Gasteiger charge is -2.36. The van der Waals surface area contributed by atoms with E-state index >= 15 is 0 Å². The van der Waals surface area contributed by atoms with Crippen molar-refractivity contribution in [3.05, 3.63) is 64.1 Å². The van der Waals surface area contributed by atoms with Crippen molar-refractivity contribution in [2.24, 2.45) is 5.73 Å². The molecule has 4 nitrogen and oxygen atoms in total. The molecule has 30 heavy (non-hydrogen) atoms. The summed E-state index contributed by atoms with van der Waals surface area (Å²) in [5.74, 6) is -0.116. The van der Waals surface area contributed by atoms with Crippen molar-refractivity contribution in [2.75, 3.05) is 6.54 Å².